The van der Waals surface area contributed by atoms with Gasteiger partial charge < -0.3 is 5.32 Å². The molecule has 11 heteroatoms. The minimum absolute atomic E-state index is 0.00129. The summed E-state index contributed by atoms with van der Waals surface area (Å²) in [4.78, 5) is 17.0. The lowest BCUT2D eigenvalue weighted by Crippen LogP contribution is -2.27. The average molecular weight is 476 g/mol. The second kappa shape index (κ2) is 8.66. The lowest BCUT2D eigenvalue weighted by atomic mass is 10.0. The molecule has 0 spiro atoms. The van der Waals surface area contributed by atoms with Gasteiger partial charge in [-0.25, -0.2) is 13.4 Å². The van der Waals surface area contributed by atoms with Crippen LogP contribution in [0.25, 0.3) is 0 Å². The minimum atomic E-state index is -4.56. The Labute approximate surface area is 183 Å². The molecule has 1 aliphatic heterocycles. The molecule has 0 bridgehead atoms. The second-order valence-corrected chi connectivity index (χ2v) is 9.68. The van der Waals surface area contributed by atoms with E-state index in [1.54, 1.807) is 0 Å². The topological polar surface area (TPSA) is 79.4 Å². The molecule has 2 heterocycles. The Hall–Kier alpha value is -2.33. The largest absolute Gasteiger partial charge is 0.416 e. The van der Waals surface area contributed by atoms with Gasteiger partial charge in [0, 0.05) is 12.2 Å². The number of nitrogens with zero attached hydrogens (tertiary/aromatic N) is 2. The molecular weight excluding hydrogens is 455 g/mol. The number of hydrogen-bond acceptors (Lipinski definition) is 4. The molecule has 0 radical (unpaired) electrons. The zero-order chi connectivity index (χ0) is 23.0. The molecular formula is C20H21ClF3N3O3S. The molecule has 1 fully saturated rings. The molecule has 31 heavy (non-hydrogen) atoms. The van der Waals surface area contributed by atoms with E-state index in [4.69, 9.17) is 11.6 Å². The number of carbonyl (C=O) groups excluding carboxylic acids is 1. The molecule has 0 unspecified atom stereocenters. The van der Waals surface area contributed by atoms with Crippen molar-refractivity contribution in [2.24, 2.45) is 0 Å². The van der Waals surface area contributed by atoms with Crippen molar-refractivity contribution in [3.63, 3.8) is 0 Å². The Morgan fingerprint density at radius 1 is 1.26 bits per heavy atom. The summed E-state index contributed by atoms with van der Waals surface area (Å²) in [7, 11) is -3.53. The number of aromatic nitrogens is 1. The first-order chi connectivity index (χ1) is 14.4. The third kappa shape index (κ3) is 5.12. The van der Waals surface area contributed by atoms with Crippen LogP contribution in [0.1, 0.15) is 46.9 Å². The number of pyridine rings is 1. The summed E-state index contributed by atoms with van der Waals surface area (Å²) in [6.07, 6.45) is -3.08. The zero-order valence-corrected chi connectivity index (χ0v) is 18.5. The Kier molecular flexibility index (Phi) is 6.52. The van der Waals surface area contributed by atoms with Crippen LogP contribution in [-0.2, 0) is 22.6 Å². The molecule has 6 nitrogen and oxygen atoms in total. The molecule has 0 saturated carbocycles. The van der Waals surface area contributed by atoms with E-state index < -0.39 is 27.7 Å². The molecule has 1 aliphatic rings. The van der Waals surface area contributed by atoms with Gasteiger partial charge >= 0.3 is 6.18 Å². The predicted molar refractivity (Wildman–Crippen MR) is 113 cm³/mol. The molecule has 1 N–H and O–H groups in total. The quantitative estimate of drug-likeness (QED) is 0.673. The highest BCUT2D eigenvalue weighted by molar-refractivity contribution is 7.93. The normalized spacial score (nSPS) is 15.9. The number of anilines is 2. The van der Waals surface area contributed by atoms with Crippen molar-refractivity contribution in [1.29, 1.82) is 0 Å². The van der Waals surface area contributed by atoms with Gasteiger partial charge in [0.25, 0.3) is 5.91 Å². The predicted octanol–water partition coefficient (Wildman–Crippen LogP) is 4.81. The van der Waals surface area contributed by atoms with E-state index in [2.05, 4.69) is 10.3 Å². The van der Waals surface area contributed by atoms with Gasteiger partial charge in [-0.1, -0.05) is 24.9 Å². The van der Waals surface area contributed by atoms with Crippen LogP contribution in [0.4, 0.5) is 24.7 Å². The van der Waals surface area contributed by atoms with Crippen LogP contribution >= 0.6 is 11.6 Å². The van der Waals surface area contributed by atoms with Gasteiger partial charge in [0.15, 0.2) is 0 Å². The van der Waals surface area contributed by atoms with Crippen LogP contribution in [0.2, 0.25) is 5.02 Å². The molecule has 1 saturated heterocycles. The number of amides is 1. The van der Waals surface area contributed by atoms with Gasteiger partial charge in [0.1, 0.15) is 5.82 Å². The fourth-order valence-corrected chi connectivity index (χ4v) is 5.07. The van der Waals surface area contributed by atoms with Crippen molar-refractivity contribution in [1.82, 2.24) is 4.98 Å². The standard InChI is InChI=1S/C20H21ClF3N3O3S/c1-3-5-13-8-14(20(22,23)24)10-15(9-13)26-19(28)16-11-17(25-12(2)18(16)21)27-6-4-7-31(27,29)30/h8-11H,3-7H2,1-2H3,(H,26,28). The third-order valence-corrected chi connectivity index (χ3v) is 7.15. The van der Waals surface area contributed by atoms with E-state index in [1.165, 1.54) is 19.1 Å². The number of rotatable bonds is 5. The van der Waals surface area contributed by atoms with E-state index in [0.717, 1.165) is 16.4 Å². The number of benzene rings is 1. The smallest absolute Gasteiger partial charge is 0.322 e. The molecule has 2 aromatic rings. The van der Waals surface area contributed by atoms with Gasteiger partial charge in [-0.05, 0) is 49.6 Å². The van der Waals surface area contributed by atoms with Gasteiger partial charge in [-0.2, -0.15) is 13.2 Å². The van der Waals surface area contributed by atoms with Crippen molar-refractivity contribution in [2.75, 3.05) is 21.9 Å². The first kappa shape index (κ1) is 23.3. The monoisotopic (exact) mass is 475 g/mol. The SMILES string of the molecule is CCCc1cc(NC(=O)c2cc(N3CCCS3(=O)=O)nc(C)c2Cl)cc(C(F)(F)F)c1. The number of carbonyl (C=O) groups is 1. The molecule has 1 aromatic heterocycles. The van der Waals surface area contributed by atoms with E-state index in [-0.39, 0.29) is 40.1 Å². The number of sulfonamides is 1. The molecule has 3 rings (SSSR count). The van der Waals surface area contributed by atoms with Crippen molar-refractivity contribution in [2.45, 2.75) is 39.3 Å². The highest BCUT2D eigenvalue weighted by Crippen LogP contribution is 2.33. The van der Waals surface area contributed by atoms with Crippen LogP contribution in [0.3, 0.4) is 0 Å². The first-order valence-electron chi connectivity index (χ1n) is 9.62. The number of alkyl halides is 3. The Morgan fingerprint density at radius 2 is 1.97 bits per heavy atom. The third-order valence-electron chi connectivity index (χ3n) is 4.83. The van der Waals surface area contributed by atoms with Crippen LogP contribution in [0.15, 0.2) is 24.3 Å². The summed E-state index contributed by atoms with van der Waals surface area (Å²) < 4.78 is 65.3. The maximum absolute atomic E-state index is 13.3. The number of nitrogens with one attached hydrogen (secondary N) is 1. The fourth-order valence-electron chi connectivity index (χ4n) is 3.39. The van der Waals surface area contributed by atoms with Crippen molar-refractivity contribution in [3.8, 4) is 0 Å². The Bertz CT molecular complexity index is 1120. The summed E-state index contributed by atoms with van der Waals surface area (Å²) in [6, 6.07) is 4.63. The summed E-state index contributed by atoms with van der Waals surface area (Å²) in [5.41, 5.74) is -0.282. The summed E-state index contributed by atoms with van der Waals surface area (Å²) in [5, 5.41) is 2.46. The highest BCUT2D eigenvalue weighted by Gasteiger charge is 2.32. The Balaban J connectivity index is 1.98. The van der Waals surface area contributed by atoms with Gasteiger partial charge in [0.05, 0.1) is 27.6 Å². The van der Waals surface area contributed by atoms with Crippen LogP contribution in [0.5, 0.6) is 0 Å². The van der Waals surface area contributed by atoms with E-state index in [0.29, 0.717) is 24.8 Å². The van der Waals surface area contributed by atoms with E-state index in [1.807, 2.05) is 6.92 Å². The number of halogens is 4. The number of hydrogen-bond donors (Lipinski definition) is 1. The fraction of sp³-hybridized carbons (Fsp3) is 0.400. The van der Waals surface area contributed by atoms with Crippen LogP contribution in [0, 0.1) is 6.92 Å². The van der Waals surface area contributed by atoms with Crippen molar-refractivity contribution >= 4 is 39.0 Å². The van der Waals surface area contributed by atoms with Gasteiger partial charge in [-0.15, -0.1) is 0 Å². The summed E-state index contributed by atoms with van der Waals surface area (Å²) in [6.45, 7) is 3.59. The lowest BCUT2D eigenvalue weighted by Gasteiger charge is -2.18. The van der Waals surface area contributed by atoms with Crippen molar-refractivity contribution in [3.05, 3.63) is 51.7 Å². The van der Waals surface area contributed by atoms with E-state index >= 15 is 0 Å². The lowest BCUT2D eigenvalue weighted by molar-refractivity contribution is -0.137. The zero-order valence-electron chi connectivity index (χ0n) is 16.9. The molecule has 1 aromatic carbocycles. The second-order valence-electron chi connectivity index (χ2n) is 7.29. The Morgan fingerprint density at radius 3 is 2.55 bits per heavy atom. The van der Waals surface area contributed by atoms with Gasteiger partial charge in [0.2, 0.25) is 10.0 Å². The maximum Gasteiger partial charge on any atom is 0.416 e. The van der Waals surface area contributed by atoms with Gasteiger partial charge in [-0.3, -0.25) is 9.10 Å². The molecule has 168 valence electrons. The highest BCUT2D eigenvalue weighted by atomic mass is 35.5. The molecule has 0 atom stereocenters. The molecule has 0 aliphatic carbocycles. The average Bonchev–Trinajstić information content (AvgIpc) is 3.02. The minimum Gasteiger partial charge on any atom is -0.322 e. The summed E-state index contributed by atoms with van der Waals surface area (Å²) >= 11 is 6.22. The number of aryl methyl sites for hydroxylation is 2. The van der Waals surface area contributed by atoms with Crippen LogP contribution < -0.4 is 9.62 Å². The van der Waals surface area contributed by atoms with E-state index in [9.17, 15) is 26.4 Å². The molecule has 1 amide bonds. The van der Waals surface area contributed by atoms with Crippen molar-refractivity contribution < 1.29 is 26.4 Å². The maximum atomic E-state index is 13.3. The summed E-state index contributed by atoms with van der Waals surface area (Å²) in [5.74, 6) is -0.724. The van der Waals surface area contributed by atoms with Crippen LogP contribution in [-0.4, -0.2) is 31.6 Å². The first-order valence-corrected chi connectivity index (χ1v) is 11.6.